The zero-order valence-electron chi connectivity index (χ0n) is 15.1. The number of aryl methyl sites for hydroxylation is 2. The molecule has 2 aliphatic rings. The molecule has 0 saturated carbocycles. The molecule has 2 heterocycles. The molecule has 24 heavy (non-hydrogen) atoms. The molecule has 2 amide bonds. The van der Waals surface area contributed by atoms with Gasteiger partial charge in [-0.25, -0.2) is 0 Å². The van der Waals surface area contributed by atoms with Gasteiger partial charge in [0.1, 0.15) is 5.70 Å². The summed E-state index contributed by atoms with van der Waals surface area (Å²) < 4.78 is 0. The zero-order chi connectivity index (χ0) is 17.4. The predicted molar refractivity (Wildman–Crippen MR) is 95.2 cm³/mol. The zero-order valence-corrected chi connectivity index (χ0v) is 15.1. The highest BCUT2D eigenvalue weighted by Gasteiger charge is 2.43. The summed E-state index contributed by atoms with van der Waals surface area (Å²) in [5.74, 6) is -0.283. The van der Waals surface area contributed by atoms with Crippen LogP contribution in [-0.2, 0) is 9.59 Å². The van der Waals surface area contributed by atoms with Crippen LogP contribution in [-0.4, -0.2) is 40.7 Å². The van der Waals surface area contributed by atoms with Crippen molar-refractivity contribution in [2.24, 2.45) is 0 Å². The summed E-state index contributed by atoms with van der Waals surface area (Å²) in [5, 5.41) is 0. The third-order valence-electron chi connectivity index (χ3n) is 4.93. The van der Waals surface area contributed by atoms with Crippen LogP contribution in [0.15, 0.2) is 23.9 Å². The lowest BCUT2D eigenvalue weighted by Gasteiger charge is -2.30. The lowest BCUT2D eigenvalue weighted by Crippen LogP contribution is -2.40. The van der Waals surface area contributed by atoms with Crippen LogP contribution in [0.3, 0.4) is 0 Å². The molecule has 2 aliphatic heterocycles. The van der Waals surface area contributed by atoms with Gasteiger partial charge in [-0.2, -0.15) is 0 Å². The van der Waals surface area contributed by atoms with Gasteiger partial charge in [-0.3, -0.25) is 14.5 Å². The summed E-state index contributed by atoms with van der Waals surface area (Å²) in [7, 11) is 0. The number of benzene rings is 1. The van der Waals surface area contributed by atoms with E-state index in [0.717, 1.165) is 42.6 Å². The van der Waals surface area contributed by atoms with E-state index >= 15 is 0 Å². The van der Waals surface area contributed by atoms with Gasteiger partial charge in [0.15, 0.2) is 0 Å². The number of piperidine rings is 1. The lowest BCUT2D eigenvalue weighted by atomic mass is 9.96. The number of imide groups is 1. The summed E-state index contributed by atoms with van der Waals surface area (Å²) in [6.45, 7) is 9.56. The largest absolute Gasteiger partial charge is 0.366 e. The molecule has 0 unspecified atom stereocenters. The van der Waals surface area contributed by atoms with Crippen molar-refractivity contribution in [1.82, 2.24) is 9.80 Å². The number of likely N-dealkylation sites (tertiary alicyclic amines) is 1. The molecule has 0 bridgehead atoms. The molecule has 1 aromatic carbocycles. The van der Waals surface area contributed by atoms with Crippen LogP contribution in [0.2, 0.25) is 0 Å². The number of hydrogen-bond donors (Lipinski definition) is 0. The van der Waals surface area contributed by atoms with E-state index in [9.17, 15) is 9.59 Å². The Bertz CT molecular complexity index is 712. The van der Waals surface area contributed by atoms with Crippen LogP contribution in [0.25, 0.3) is 5.57 Å². The molecule has 4 heteroatoms. The molecule has 4 nitrogen and oxygen atoms in total. The van der Waals surface area contributed by atoms with Gasteiger partial charge in [0.25, 0.3) is 11.8 Å². The standard InChI is InChI=1S/C20H26N2O2/c1-13(2)22-19(23)17(16-9-8-14(3)12-15(16)4)18(20(22)24)21-10-6-5-7-11-21/h8-9,12-13H,5-7,10-11H2,1-4H3. The van der Waals surface area contributed by atoms with Crippen molar-refractivity contribution >= 4 is 17.4 Å². The lowest BCUT2D eigenvalue weighted by molar-refractivity contribution is -0.139. The van der Waals surface area contributed by atoms with E-state index in [0.29, 0.717) is 11.3 Å². The predicted octanol–water partition coefficient (Wildman–Crippen LogP) is 3.28. The van der Waals surface area contributed by atoms with E-state index in [4.69, 9.17) is 0 Å². The van der Waals surface area contributed by atoms with Gasteiger partial charge in [0.2, 0.25) is 0 Å². The van der Waals surface area contributed by atoms with Gasteiger partial charge in [0, 0.05) is 19.1 Å². The van der Waals surface area contributed by atoms with E-state index < -0.39 is 0 Å². The third kappa shape index (κ3) is 2.74. The quantitative estimate of drug-likeness (QED) is 0.801. The maximum Gasteiger partial charge on any atom is 0.278 e. The van der Waals surface area contributed by atoms with E-state index in [2.05, 4.69) is 11.0 Å². The molecular weight excluding hydrogens is 300 g/mol. The number of nitrogens with zero attached hydrogens (tertiary/aromatic N) is 2. The Morgan fingerprint density at radius 2 is 1.62 bits per heavy atom. The fraction of sp³-hybridized carbons (Fsp3) is 0.500. The second-order valence-corrected chi connectivity index (χ2v) is 7.16. The number of hydrogen-bond acceptors (Lipinski definition) is 3. The van der Waals surface area contributed by atoms with Crippen molar-refractivity contribution in [2.45, 2.75) is 53.0 Å². The van der Waals surface area contributed by atoms with Gasteiger partial charge in [0.05, 0.1) is 5.57 Å². The average molecular weight is 326 g/mol. The summed E-state index contributed by atoms with van der Waals surface area (Å²) in [6, 6.07) is 5.94. The normalized spacial score (nSPS) is 19.0. The topological polar surface area (TPSA) is 40.6 Å². The maximum absolute atomic E-state index is 13.1. The maximum atomic E-state index is 13.1. The molecular formula is C20H26N2O2. The fourth-order valence-corrected chi connectivity index (χ4v) is 3.75. The van der Waals surface area contributed by atoms with E-state index in [-0.39, 0.29) is 17.9 Å². The first-order valence-corrected chi connectivity index (χ1v) is 8.86. The Morgan fingerprint density at radius 1 is 0.958 bits per heavy atom. The van der Waals surface area contributed by atoms with Crippen LogP contribution in [0.1, 0.15) is 49.8 Å². The van der Waals surface area contributed by atoms with Crippen LogP contribution in [0.4, 0.5) is 0 Å². The Kier molecular flexibility index (Phi) is 4.48. The van der Waals surface area contributed by atoms with Crippen molar-refractivity contribution in [2.75, 3.05) is 13.1 Å². The SMILES string of the molecule is Cc1ccc(C2=C(N3CCCCC3)C(=O)N(C(C)C)C2=O)c(C)c1. The molecule has 0 atom stereocenters. The van der Waals surface area contributed by atoms with Crippen LogP contribution >= 0.6 is 0 Å². The number of amides is 2. The summed E-state index contributed by atoms with van der Waals surface area (Å²) >= 11 is 0. The smallest absolute Gasteiger partial charge is 0.278 e. The molecule has 0 aliphatic carbocycles. The molecule has 128 valence electrons. The van der Waals surface area contributed by atoms with Crippen molar-refractivity contribution < 1.29 is 9.59 Å². The Labute approximate surface area is 144 Å². The highest BCUT2D eigenvalue weighted by molar-refractivity contribution is 6.35. The van der Waals surface area contributed by atoms with Gasteiger partial charge in [-0.05, 0) is 58.1 Å². The molecule has 3 rings (SSSR count). The summed E-state index contributed by atoms with van der Waals surface area (Å²) in [6.07, 6.45) is 3.35. The number of carbonyl (C=O) groups is 2. The average Bonchev–Trinajstić information content (AvgIpc) is 2.79. The van der Waals surface area contributed by atoms with Crippen molar-refractivity contribution in [3.8, 4) is 0 Å². The Morgan fingerprint density at radius 3 is 2.21 bits per heavy atom. The number of carbonyl (C=O) groups excluding carboxylic acids is 2. The first-order valence-electron chi connectivity index (χ1n) is 8.86. The highest BCUT2D eigenvalue weighted by Crippen LogP contribution is 2.35. The minimum absolute atomic E-state index is 0.131. The van der Waals surface area contributed by atoms with Gasteiger partial charge >= 0.3 is 0 Å². The van der Waals surface area contributed by atoms with Crippen LogP contribution in [0.5, 0.6) is 0 Å². The Balaban J connectivity index is 2.15. The monoisotopic (exact) mass is 326 g/mol. The van der Waals surface area contributed by atoms with Crippen molar-refractivity contribution in [3.63, 3.8) is 0 Å². The van der Waals surface area contributed by atoms with Gasteiger partial charge in [-0.1, -0.05) is 23.8 Å². The Hall–Kier alpha value is -2.10. The summed E-state index contributed by atoms with van der Waals surface area (Å²) in [4.78, 5) is 29.6. The van der Waals surface area contributed by atoms with Gasteiger partial charge < -0.3 is 4.90 Å². The van der Waals surface area contributed by atoms with Crippen molar-refractivity contribution in [1.29, 1.82) is 0 Å². The molecule has 1 saturated heterocycles. The molecule has 0 radical (unpaired) electrons. The first-order chi connectivity index (χ1) is 11.4. The van der Waals surface area contributed by atoms with E-state index in [1.807, 2.05) is 39.8 Å². The minimum Gasteiger partial charge on any atom is -0.366 e. The second kappa shape index (κ2) is 6.42. The molecule has 1 aromatic rings. The highest BCUT2D eigenvalue weighted by atomic mass is 16.2. The molecule has 0 aromatic heterocycles. The molecule has 0 N–H and O–H groups in total. The fourth-order valence-electron chi connectivity index (χ4n) is 3.75. The molecule has 1 fully saturated rings. The number of rotatable bonds is 3. The first kappa shape index (κ1) is 16.7. The van der Waals surface area contributed by atoms with E-state index in [1.165, 1.54) is 11.3 Å². The van der Waals surface area contributed by atoms with E-state index in [1.54, 1.807) is 0 Å². The summed E-state index contributed by atoms with van der Waals surface area (Å²) in [5.41, 5.74) is 4.30. The third-order valence-corrected chi connectivity index (χ3v) is 4.93. The second-order valence-electron chi connectivity index (χ2n) is 7.16. The van der Waals surface area contributed by atoms with Crippen LogP contribution < -0.4 is 0 Å². The van der Waals surface area contributed by atoms with Gasteiger partial charge in [-0.15, -0.1) is 0 Å². The van der Waals surface area contributed by atoms with Crippen LogP contribution in [0, 0.1) is 13.8 Å². The molecule has 0 spiro atoms. The van der Waals surface area contributed by atoms with Crippen molar-refractivity contribution in [3.05, 3.63) is 40.6 Å². The minimum atomic E-state index is -0.150.